The average molecular weight is 253 g/mol. The third kappa shape index (κ3) is 2.01. The molecule has 0 saturated heterocycles. The van der Waals surface area contributed by atoms with Crippen LogP contribution in [0.4, 0.5) is 0 Å². The summed E-state index contributed by atoms with van der Waals surface area (Å²) in [7, 11) is 1.29. The fourth-order valence-electron chi connectivity index (χ4n) is 1.67. The molecule has 1 aromatic carbocycles. The minimum atomic E-state index is -0.509. The maximum Gasteiger partial charge on any atom is 0.340 e. The summed E-state index contributed by atoms with van der Waals surface area (Å²) in [5.41, 5.74) is 0.850. The minimum absolute atomic E-state index is 0.0785. The molecule has 0 bridgehead atoms. The lowest BCUT2D eigenvalue weighted by Gasteiger charge is -2.05. The van der Waals surface area contributed by atoms with Gasteiger partial charge in [0.1, 0.15) is 6.29 Å². The summed E-state index contributed by atoms with van der Waals surface area (Å²) in [6.07, 6.45) is 2.26. The first kappa shape index (κ1) is 11.6. The van der Waals surface area contributed by atoms with Crippen LogP contribution >= 0.6 is 11.6 Å². The van der Waals surface area contributed by atoms with Gasteiger partial charge in [-0.05, 0) is 12.1 Å². The maximum atomic E-state index is 11.6. The van der Waals surface area contributed by atoms with E-state index in [0.717, 1.165) is 0 Å². The molecule has 0 fully saturated rings. The van der Waals surface area contributed by atoms with E-state index < -0.39 is 5.97 Å². The van der Waals surface area contributed by atoms with Crippen LogP contribution in [-0.2, 0) is 16.1 Å². The van der Waals surface area contributed by atoms with Gasteiger partial charge in [0.2, 0.25) is 0 Å². The van der Waals surface area contributed by atoms with Gasteiger partial charge < -0.3 is 9.53 Å². The van der Waals surface area contributed by atoms with Crippen LogP contribution in [0.2, 0.25) is 5.02 Å². The number of carbonyl (C=O) groups is 2. The Labute approximate surface area is 102 Å². The number of ether oxygens (including phenoxy) is 1. The molecule has 0 atom stereocenters. The third-order valence-corrected chi connectivity index (χ3v) is 2.57. The number of fused-ring (bicyclic) bond motifs is 1. The first-order chi connectivity index (χ1) is 8.17. The monoisotopic (exact) mass is 252 g/mol. The van der Waals surface area contributed by atoms with Crippen LogP contribution in [0.3, 0.4) is 0 Å². The van der Waals surface area contributed by atoms with Crippen molar-refractivity contribution in [2.45, 2.75) is 6.54 Å². The molecule has 0 saturated carbocycles. The zero-order valence-electron chi connectivity index (χ0n) is 9.01. The Morgan fingerprint density at radius 3 is 3.00 bits per heavy atom. The molecule has 0 aliphatic rings. The molecule has 0 spiro atoms. The van der Waals surface area contributed by atoms with Crippen LogP contribution in [-0.4, -0.2) is 29.1 Å². The van der Waals surface area contributed by atoms with Crippen molar-refractivity contribution in [3.05, 3.63) is 28.9 Å². The Bertz CT molecular complexity index is 592. The van der Waals surface area contributed by atoms with E-state index in [0.29, 0.717) is 27.8 Å². The van der Waals surface area contributed by atoms with E-state index in [1.807, 2.05) is 0 Å². The molecule has 6 heteroatoms. The third-order valence-electron chi connectivity index (χ3n) is 2.35. The van der Waals surface area contributed by atoms with Crippen molar-refractivity contribution >= 4 is 34.8 Å². The first-order valence-electron chi connectivity index (χ1n) is 4.84. The number of halogens is 1. The van der Waals surface area contributed by atoms with Crippen LogP contribution in [0.15, 0.2) is 18.3 Å². The normalized spacial score (nSPS) is 10.5. The van der Waals surface area contributed by atoms with E-state index in [2.05, 4.69) is 9.84 Å². The highest BCUT2D eigenvalue weighted by Gasteiger charge is 2.16. The van der Waals surface area contributed by atoms with Crippen LogP contribution < -0.4 is 0 Å². The smallest absolute Gasteiger partial charge is 0.340 e. The second kappa shape index (κ2) is 4.55. The van der Waals surface area contributed by atoms with Gasteiger partial charge in [0.25, 0.3) is 0 Å². The van der Waals surface area contributed by atoms with E-state index in [-0.39, 0.29) is 6.54 Å². The SMILES string of the molecule is COC(=O)c1cc(Cl)cc2cnn(CC=O)c12. The van der Waals surface area contributed by atoms with Crippen LogP contribution in [0.5, 0.6) is 0 Å². The Morgan fingerprint density at radius 1 is 1.59 bits per heavy atom. The molecule has 5 nitrogen and oxygen atoms in total. The summed E-state index contributed by atoms with van der Waals surface area (Å²) in [6, 6.07) is 3.18. The van der Waals surface area contributed by atoms with Crippen molar-refractivity contribution in [1.82, 2.24) is 9.78 Å². The summed E-state index contributed by atoms with van der Waals surface area (Å²) in [4.78, 5) is 22.2. The van der Waals surface area contributed by atoms with Crippen molar-refractivity contribution in [3.8, 4) is 0 Å². The van der Waals surface area contributed by atoms with Crippen LogP contribution in [0.1, 0.15) is 10.4 Å². The number of benzene rings is 1. The lowest BCUT2D eigenvalue weighted by molar-refractivity contribution is -0.108. The van der Waals surface area contributed by atoms with Gasteiger partial charge >= 0.3 is 5.97 Å². The molecule has 2 rings (SSSR count). The van der Waals surface area contributed by atoms with E-state index in [1.165, 1.54) is 17.9 Å². The van der Waals surface area contributed by atoms with Crippen molar-refractivity contribution in [2.24, 2.45) is 0 Å². The summed E-state index contributed by atoms with van der Waals surface area (Å²) >= 11 is 5.90. The van der Waals surface area contributed by atoms with Gasteiger partial charge in [0, 0.05) is 10.4 Å². The second-order valence-electron chi connectivity index (χ2n) is 3.38. The predicted molar refractivity (Wildman–Crippen MR) is 62.1 cm³/mol. The quantitative estimate of drug-likeness (QED) is 0.616. The molecule has 17 heavy (non-hydrogen) atoms. The zero-order valence-corrected chi connectivity index (χ0v) is 9.77. The Hall–Kier alpha value is -1.88. The molecule has 2 aromatic rings. The Balaban J connectivity index is 2.73. The summed E-state index contributed by atoms with van der Waals surface area (Å²) < 4.78 is 6.11. The van der Waals surface area contributed by atoms with Gasteiger partial charge in [-0.3, -0.25) is 4.68 Å². The minimum Gasteiger partial charge on any atom is -0.465 e. The molecule has 0 unspecified atom stereocenters. The number of aldehydes is 1. The molecular formula is C11H9ClN2O3. The van der Waals surface area contributed by atoms with E-state index in [9.17, 15) is 9.59 Å². The van der Waals surface area contributed by atoms with Gasteiger partial charge in [0.15, 0.2) is 0 Å². The van der Waals surface area contributed by atoms with Gasteiger partial charge in [-0.25, -0.2) is 4.79 Å². The summed E-state index contributed by atoms with van der Waals surface area (Å²) in [5.74, 6) is -0.509. The van der Waals surface area contributed by atoms with Crippen molar-refractivity contribution in [3.63, 3.8) is 0 Å². The number of methoxy groups -OCH3 is 1. The van der Waals surface area contributed by atoms with Crippen molar-refractivity contribution in [1.29, 1.82) is 0 Å². The molecule has 0 radical (unpaired) electrons. The van der Waals surface area contributed by atoms with E-state index >= 15 is 0 Å². The van der Waals surface area contributed by atoms with Crippen LogP contribution in [0, 0.1) is 0 Å². The number of aromatic nitrogens is 2. The van der Waals surface area contributed by atoms with Crippen molar-refractivity contribution in [2.75, 3.05) is 7.11 Å². The molecule has 0 N–H and O–H groups in total. The lowest BCUT2D eigenvalue weighted by atomic mass is 10.1. The molecular weight excluding hydrogens is 244 g/mol. The first-order valence-corrected chi connectivity index (χ1v) is 5.22. The topological polar surface area (TPSA) is 61.2 Å². The van der Waals surface area contributed by atoms with E-state index in [4.69, 9.17) is 11.6 Å². The highest BCUT2D eigenvalue weighted by Crippen LogP contribution is 2.24. The fourth-order valence-corrected chi connectivity index (χ4v) is 1.90. The second-order valence-corrected chi connectivity index (χ2v) is 3.81. The molecule has 0 aliphatic heterocycles. The maximum absolute atomic E-state index is 11.6. The van der Waals surface area contributed by atoms with Gasteiger partial charge in [-0.15, -0.1) is 0 Å². The standard InChI is InChI=1S/C11H9ClN2O3/c1-17-11(16)9-5-8(12)4-7-6-13-14(2-3-15)10(7)9/h3-6H,2H2,1H3. The molecule has 88 valence electrons. The number of nitrogens with zero attached hydrogens (tertiary/aromatic N) is 2. The number of carbonyl (C=O) groups excluding carboxylic acids is 2. The Kier molecular flexibility index (Phi) is 3.10. The summed E-state index contributed by atoms with van der Waals surface area (Å²) in [6.45, 7) is 0.0785. The molecule has 1 heterocycles. The molecule has 0 amide bonds. The highest BCUT2D eigenvalue weighted by atomic mass is 35.5. The fraction of sp³-hybridized carbons (Fsp3) is 0.182. The average Bonchev–Trinajstić information content (AvgIpc) is 2.71. The summed E-state index contributed by atoms with van der Waals surface area (Å²) in [5, 5.41) is 5.14. The van der Waals surface area contributed by atoms with E-state index in [1.54, 1.807) is 12.3 Å². The lowest BCUT2D eigenvalue weighted by Crippen LogP contribution is -2.07. The number of hydrogen-bond donors (Lipinski definition) is 0. The molecule has 1 aromatic heterocycles. The number of hydrogen-bond acceptors (Lipinski definition) is 4. The van der Waals surface area contributed by atoms with Crippen LogP contribution in [0.25, 0.3) is 10.9 Å². The van der Waals surface area contributed by atoms with Crippen molar-refractivity contribution < 1.29 is 14.3 Å². The van der Waals surface area contributed by atoms with Gasteiger partial charge in [-0.2, -0.15) is 5.10 Å². The highest BCUT2D eigenvalue weighted by molar-refractivity contribution is 6.32. The Morgan fingerprint density at radius 2 is 2.35 bits per heavy atom. The van der Waals surface area contributed by atoms with Gasteiger partial charge in [0.05, 0.1) is 30.9 Å². The largest absolute Gasteiger partial charge is 0.465 e. The number of rotatable bonds is 3. The zero-order chi connectivity index (χ0) is 12.4. The number of esters is 1. The molecule has 0 aliphatic carbocycles. The predicted octanol–water partition coefficient (Wildman–Crippen LogP) is 1.68. The van der Waals surface area contributed by atoms with Gasteiger partial charge in [-0.1, -0.05) is 11.6 Å².